The summed E-state index contributed by atoms with van der Waals surface area (Å²) in [6, 6.07) is 19.5. The van der Waals surface area contributed by atoms with Gasteiger partial charge in [0.2, 0.25) is 4.88 Å². The molecule has 0 bridgehead atoms. The second-order valence-electron chi connectivity index (χ2n) is 6.93. The molecule has 8 heteroatoms. The molecule has 1 atom stereocenters. The van der Waals surface area contributed by atoms with Gasteiger partial charge < -0.3 is 20.2 Å². The topological polar surface area (TPSA) is 90.2 Å². The van der Waals surface area contributed by atoms with Gasteiger partial charge in [0.25, 0.3) is 0 Å². The molecule has 2 heterocycles. The van der Waals surface area contributed by atoms with E-state index in [4.69, 9.17) is 20.2 Å². The highest BCUT2D eigenvalue weighted by atomic mass is 32.2. The molecule has 0 saturated heterocycles. The molecular formula is C24H24N3O3S2+. The number of rotatable bonds is 9. The van der Waals surface area contributed by atoms with Gasteiger partial charge >= 0.3 is 5.91 Å². The van der Waals surface area contributed by atoms with Crippen molar-refractivity contribution in [2.45, 2.75) is 10.9 Å². The fraction of sp³-hybridized carbons (Fsp3) is 0.167. The van der Waals surface area contributed by atoms with Crippen molar-refractivity contribution in [2.75, 3.05) is 20.0 Å². The van der Waals surface area contributed by atoms with Crippen LogP contribution in [0.3, 0.4) is 0 Å². The molecule has 2 aromatic heterocycles. The molecule has 4 rings (SSSR count). The number of thioether (sulfide) groups is 1. The Labute approximate surface area is 193 Å². The normalized spacial score (nSPS) is 11.4. The lowest BCUT2D eigenvalue weighted by Gasteiger charge is -2.06. The minimum atomic E-state index is -0.343. The van der Waals surface area contributed by atoms with Crippen LogP contribution in [0, 0.1) is 0 Å². The number of ether oxygens (including phenoxy) is 2. The maximum atomic E-state index is 11.6. The second-order valence-corrected chi connectivity index (χ2v) is 9.99. The Morgan fingerprint density at radius 3 is 2.22 bits per heavy atom. The highest BCUT2D eigenvalue weighted by Gasteiger charge is 2.19. The number of H-pyrrole nitrogens is 1. The summed E-state index contributed by atoms with van der Waals surface area (Å²) in [5.41, 5.74) is 9.33. The molecule has 0 saturated carbocycles. The minimum absolute atomic E-state index is 0.231. The van der Waals surface area contributed by atoms with E-state index in [1.165, 1.54) is 0 Å². The maximum absolute atomic E-state index is 11.6. The van der Waals surface area contributed by atoms with Crippen molar-refractivity contribution in [1.82, 2.24) is 9.97 Å². The van der Waals surface area contributed by atoms with E-state index in [0.717, 1.165) is 50.7 Å². The van der Waals surface area contributed by atoms with E-state index in [1.807, 2.05) is 66.0 Å². The number of thiophene rings is 1. The van der Waals surface area contributed by atoms with Gasteiger partial charge in [-0.25, -0.2) is 4.98 Å². The zero-order chi connectivity index (χ0) is 22.5. The quantitative estimate of drug-likeness (QED) is 0.255. The molecule has 0 aliphatic heterocycles. The number of nitrogens with one attached hydrogen (secondary N) is 1. The number of aromatic nitrogens is 2. The number of nitrogens with two attached hydrogens (primary N) is 1. The van der Waals surface area contributed by atoms with Crippen LogP contribution in [-0.2, 0) is 5.75 Å². The van der Waals surface area contributed by atoms with Gasteiger partial charge in [-0.15, -0.1) is 0 Å². The Kier molecular flexibility index (Phi) is 6.82. The number of primary amides is 1. The van der Waals surface area contributed by atoms with Crippen LogP contribution in [0.5, 0.6) is 11.5 Å². The lowest BCUT2D eigenvalue weighted by molar-refractivity contribution is 0.100. The van der Waals surface area contributed by atoms with Gasteiger partial charge in [-0.2, -0.15) is 0 Å². The van der Waals surface area contributed by atoms with Crippen LogP contribution in [0.25, 0.3) is 22.5 Å². The van der Waals surface area contributed by atoms with Crippen LogP contribution < -0.4 is 15.2 Å². The van der Waals surface area contributed by atoms with E-state index < -0.39 is 0 Å². The SMILES string of the molecule is COc1ccc(-c2nc(SCC[s+]3cccc3C(N)=O)[nH]c2-c2ccc(OC)cc2)cc1. The van der Waals surface area contributed by atoms with E-state index in [-0.39, 0.29) is 16.4 Å². The number of hydrogen-bond acceptors (Lipinski definition) is 5. The van der Waals surface area contributed by atoms with E-state index in [9.17, 15) is 4.79 Å². The van der Waals surface area contributed by atoms with Gasteiger partial charge in [0.15, 0.2) is 5.16 Å². The summed E-state index contributed by atoms with van der Waals surface area (Å²) in [6.07, 6.45) is 0. The maximum Gasteiger partial charge on any atom is 0.301 e. The van der Waals surface area contributed by atoms with Gasteiger partial charge in [-0.05, 0) is 65.1 Å². The molecule has 0 radical (unpaired) electrons. The predicted octanol–water partition coefficient (Wildman–Crippen LogP) is 5.40. The first-order valence-electron chi connectivity index (χ1n) is 9.98. The van der Waals surface area contributed by atoms with Crippen molar-refractivity contribution < 1.29 is 14.3 Å². The Hall–Kier alpha value is -3.23. The molecule has 6 nitrogen and oxygen atoms in total. The molecule has 4 aromatic rings. The number of amides is 1. The number of carbonyl (C=O) groups excluding carboxylic acids is 1. The predicted molar refractivity (Wildman–Crippen MR) is 131 cm³/mol. The molecule has 1 amide bonds. The summed E-state index contributed by atoms with van der Waals surface area (Å²) in [5, 5.41) is 2.88. The van der Waals surface area contributed by atoms with Gasteiger partial charge in [0.05, 0.1) is 31.4 Å². The standard InChI is InChI=1S/C24H23N3O3S2/c1-29-18-9-5-16(6-10-18)21-22(17-7-11-19(30-2)12-8-17)27-24(26-21)31-13-15-32-14-3-4-20(32)23(25)28/h3-12,14H,13,15H2,1-2H3,(H2-,25,26,27,28)/p+1. The number of carbonyl (C=O) groups is 1. The van der Waals surface area contributed by atoms with Crippen LogP contribution in [0.2, 0.25) is 0 Å². The molecule has 0 aliphatic rings. The zero-order valence-corrected chi connectivity index (χ0v) is 19.5. The summed E-state index contributed by atoms with van der Waals surface area (Å²) < 4.78 is 10.6. The Bertz CT molecular complexity index is 1130. The van der Waals surface area contributed by atoms with Crippen molar-refractivity contribution in [2.24, 2.45) is 5.73 Å². The van der Waals surface area contributed by atoms with E-state index >= 15 is 0 Å². The molecule has 0 aliphatic carbocycles. The molecule has 1 unspecified atom stereocenters. The fourth-order valence-corrected chi connectivity index (χ4v) is 6.20. The third-order valence-electron chi connectivity index (χ3n) is 4.98. The van der Waals surface area contributed by atoms with Gasteiger partial charge in [-0.3, -0.25) is 4.79 Å². The third kappa shape index (κ3) is 4.81. The number of aromatic amines is 1. The lowest BCUT2D eigenvalue weighted by atomic mass is 10.0. The average Bonchev–Trinajstić information content (AvgIpc) is 3.47. The zero-order valence-electron chi connectivity index (χ0n) is 17.8. The van der Waals surface area contributed by atoms with Gasteiger partial charge in [0, 0.05) is 17.2 Å². The molecule has 0 fully saturated rings. The third-order valence-corrected chi connectivity index (χ3v) is 8.15. The summed E-state index contributed by atoms with van der Waals surface area (Å²) >= 11 is 1.64. The smallest absolute Gasteiger partial charge is 0.301 e. The van der Waals surface area contributed by atoms with Crippen molar-refractivity contribution in [3.05, 3.63) is 70.9 Å². The highest BCUT2D eigenvalue weighted by Crippen LogP contribution is 2.35. The van der Waals surface area contributed by atoms with Crippen molar-refractivity contribution in [3.8, 4) is 34.0 Å². The Morgan fingerprint density at radius 2 is 1.62 bits per heavy atom. The summed E-state index contributed by atoms with van der Waals surface area (Å²) in [6.45, 7) is 0. The van der Waals surface area contributed by atoms with Crippen LogP contribution in [0.4, 0.5) is 0 Å². The van der Waals surface area contributed by atoms with Crippen molar-refractivity contribution in [3.63, 3.8) is 0 Å². The number of nitrogens with zero attached hydrogens (tertiary/aromatic N) is 1. The summed E-state index contributed by atoms with van der Waals surface area (Å²) in [5.74, 6) is 2.92. The summed E-state index contributed by atoms with van der Waals surface area (Å²) in [4.78, 5) is 20.6. The molecule has 164 valence electrons. The first-order valence-corrected chi connectivity index (χ1v) is 12.4. The molecular weight excluding hydrogens is 442 g/mol. The lowest BCUT2D eigenvalue weighted by Crippen LogP contribution is -2.09. The number of benzene rings is 2. The number of aryl methyl sites for hydroxylation is 1. The average molecular weight is 467 g/mol. The van der Waals surface area contributed by atoms with E-state index in [0.29, 0.717) is 4.88 Å². The van der Waals surface area contributed by atoms with Gasteiger partial charge in [-0.1, -0.05) is 11.8 Å². The van der Waals surface area contributed by atoms with E-state index in [2.05, 4.69) is 4.98 Å². The van der Waals surface area contributed by atoms with Crippen LogP contribution in [0.1, 0.15) is 9.67 Å². The number of imidazole rings is 1. The molecule has 32 heavy (non-hydrogen) atoms. The number of hydrogen-bond donors (Lipinski definition) is 2. The fourth-order valence-electron chi connectivity index (χ4n) is 3.34. The number of methoxy groups -OCH3 is 2. The first kappa shape index (κ1) is 22.0. The summed E-state index contributed by atoms with van der Waals surface area (Å²) in [7, 11) is 3.08. The van der Waals surface area contributed by atoms with Gasteiger partial charge in [0.1, 0.15) is 22.6 Å². The van der Waals surface area contributed by atoms with Crippen molar-refractivity contribution in [1.29, 1.82) is 0 Å². The van der Waals surface area contributed by atoms with Crippen LogP contribution >= 0.6 is 22.2 Å². The molecule has 3 N–H and O–H groups in total. The highest BCUT2D eigenvalue weighted by molar-refractivity contribution is 7.99. The monoisotopic (exact) mass is 466 g/mol. The molecule has 2 aromatic carbocycles. The largest absolute Gasteiger partial charge is 0.497 e. The Morgan fingerprint density at radius 1 is 1.00 bits per heavy atom. The second kappa shape index (κ2) is 9.93. The van der Waals surface area contributed by atoms with E-state index in [1.54, 1.807) is 26.0 Å². The first-order chi connectivity index (χ1) is 15.6. The molecule has 0 spiro atoms. The van der Waals surface area contributed by atoms with Crippen LogP contribution in [-0.4, -0.2) is 35.8 Å². The minimum Gasteiger partial charge on any atom is -0.497 e. The van der Waals surface area contributed by atoms with Crippen molar-refractivity contribution >= 4 is 28.1 Å². The van der Waals surface area contributed by atoms with Crippen LogP contribution in [0.15, 0.2) is 71.2 Å². The Balaban J connectivity index is 1.60.